The number of anilines is 1. The minimum Gasteiger partial charge on any atom is -0.496 e. The number of ether oxygens (including phenoxy) is 2. The second kappa shape index (κ2) is 7.13. The summed E-state index contributed by atoms with van der Waals surface area (Å²) in [7, 11) is 3.08. The molecule has 1 N–H and O–H groups in total. The van der Waals surface area contributed by atoms with E-state index in [-0.39, 0.29) is 5.97 Å². The molecule has 0 spiro atoms. The molecule has 4 nitrogen and oxygen atoms in total. The molecule has 1 aromatic heterocycles. The highest BCUT2D eigenvalue weighted by Gasteiger charge is 2.06. The summed E-state index contributed by atoms with van der Waals surface area (Å²) in [5.41, 5.74) is 2.15. The van der Waals surface area contributed by atoms with Crippen LogP contribution in [0.2, 0.25) is 0 Å². The van der Waals surface area contributed by atoms with Crippen molar-refractivity contribution in [1.82, 2.24) is 0 Å². The van der Waals surface area contributed by atoms with Crippen LogP contribution < -0.4 is 10.1 Å². The van der Waals surface area contributed by atoms with E-state index in [4.69, 9.17) is 4.74 Å². The zero-order valence-electron chi connectivity index (χ0n) is 12.4. The van der Waals surface area contributed by atoms with Gasteiger partial charge in [0.05, 0.1) is 20.6 Å². The second-order valence-electron chi connectivity index (χ2n) is 4.66. The molecule has 1 aromatic carbocycles. The van der Waals surface area contributed by atoms with Crippen LogP contribution in [0.5, 0.6) is 5.75 Å². The third kappa shape index (κ3) is 4.23. The molecule has 0 fully saturated rings. The molecule has 0 amide bonds. The van der Waals surface area contributed by atoms with Crippen molar-refractivity contribution in [3.05, 3.63) is 45.6 Å². The number of esters is 1. The van der Waals surface area contributed by atoms with Gasteiger partial charge in [0.25, 0.3) is 0 Å². The number of carbonyl (C=O) groups is 1. The first kappa shape index (κ1) is 15.4. The van der Waals surface area contributed by atoms with Gasteiger partial charge in [-0.15, -0.1) is 11.3 Å². The van der Waals surface area contributed by atoms with Crippen LogP contribution in [-0.2, 0) is 22.5 Å². The summed E-state index contributed by atoms with van der Waals surface area (Å²) < 4.78 is 9.91. The van der Waals surface area contributed by atoms with Crippen molar-refractivity contribution in [3.8, 4) is 5.75 Å². The van der Waals surface area contributed by atoms with Crippen molar-refractivity contribution in [2.45, 2.75) is 19.9 Å². The lowest BCUT2D eigenvalue weighted by molar-refractivity contribution is -0.139. The highest BCUT2D eigenvalue weighted by molar-refractivity contribution is 7.12. The summed E-state index contributed by atoms with van der Waals surface area (Å²) in [6.45, 7) is 2.75. The van der Waals surface area contributed by atoms with Gasteiger partial charge in [0.15, 0.2) is 0 Å². The van der Waals surface area contributed by atoms with E-state index in [1.807, 2.05) is 31.2 Å². The van der Waals surface area contributed by atoms with Crippen LogP contribution in [0, 0.1) is 6.92 Å². The fourth-order valence-corrected chi connectivity index (χ4v) is 2.95. The number of hydrogen-bond acceptors (Lipinski definition) is 5. The molecule has 21 heavy (non-hydrogen) atoms. The van der Waals surface area contributed by atoms with Gasteiger partial charge < -0.3 is 14.8 Å². The van der Waals surface area contributed by atoms with Gasteiger partial charge in [-0.2, -0.15) is 0 Å². The predicted molar refractivity (Wildman–Crippen MR) is 85.1 cm³/mol. The SMILES string of the molecule is COC(=O)Cc1ccc(CNc2ccc(OC)c(C)c2)s1. The fraction of sp³-hybridized carbons (Fsp3) is 0.312. The highest BCUT2D eigenvalue weighted by atomic mass is 32.1. The smallest absolute Gasteiger partial charge is 0.310 e. The van der Waals surface area contributed by atoms with E-state index in [0.717, 1.165) is 28.4 Å². The fourth-order valence-electron chi connectivity index (χ4n) is 2.00. The number of methoxy groups -OCH3 is 2. The van der Waals surface area contributed by atoms with Crippen molar-refractivity contribution in [3.63, 3.8) is 0 Å². The lowest BCUT2D eigenvalue weighted by atomic mass is 10.2. The van der Waals surface area contributed by atoms with Crippen LogP contribution in [0.25, 0.3) is 0 Å². The van der Waals surface area contributed by atoms with Gasteiger partial charge in [-0.3, -0.25) is 4.79 Å². The maximum atomic E-state index is 11.2. The van der Waals surface area contributed by atoms with Crippen molar-refractivity contribution in [2.75, 3.05) is 19.5 Å². The molecule has 0 aliphatic rings. The van der Waals surface area contributed by atoms with Crippen LogP contribution >= 0.6 is 11.3 Å². The van der Waals surface area contributed by atoms with Crippen molar-refractivity contribution < 1.29 is 14.3 Å². The van der Waals surface area contributed by atoms with Crippen LogP contribution in [0.4, 0.5) is 5.69 Å². The minimum absolute atomic E-state index is 0.206. The van der Waals surface area contributed by atoms with Gasteiger partial charge in [-0.05, 0) is 42.8 Å². The Hall–Kier alpha value is -2.01. The molecule has 0 atom stereocenters. The van der Waals surface area contributed by atoms with Crippen LogP contribution in [-0.4, -0.2) is 20.2 Å². The van der Waals surface area contributed by atoms with Crippen molar-refractivity contribution in [2.24, 2.45) is 0 Å². The lowest BCUT2D eigenvalue weighted by Crippen LogP contribution is -2.02. The Balaban J connectivity index is 1.94. The van der Waals surface area contributed by atoms with Crippen LogP contribution in [0.15, 0.2) is 30.3 Å². The molecule has 0 radical (unpaired) electrons. The molecule has 0 saturated heterocycles. The average Bonchev–Trinajstić information content (AvgIpc) is 2.92. The number of aryl methyl sites for hydroxylation is 1. The standard InChI is InChI=1S/C16H19NO3S/c1-11-8-12(4-7-15(11)19-2)17-10-14-6-5-13(21-14)9-16(18)20-3/h4-8,17H,9-10H2,1-3H3. The Morgan fingerprint density at radius 2 is 1.95 bits per heavy atom. The Kier molecular flexibility index (Phi) is 5.22. The monoisotopic (exact) mass is 305 g/mol. The lowest BCUT2D eigenvalue weighted by Gasteiger charge is -2.09. The maximum absolute atomic E-state index is 11.2. The summed E-state index contributed by atoms with van der Waals surface area (Å²) >= 11 is 1.62. The zero-order chi connectivity index (χ0) is 15.2. The topological polar surface area (TPSA) is 47.6 Å². The molecule has 0 unspecified atom stereocenters. The molecule has 1 heterocycles. The molecule has 0 bridgehead atoms. The quantitative estimate of drug-likeness (QED) is 0.831. The second-order valence-corrected chi connectivity index (χ2v) is 5.91. The normalized spacial score (nSPS) is 10.2. The number of nitrogens with one attached hydrogen (secondary N) is 1. The Morgan fingerprint density at radius 1 is 1.19 bits per heavy atom. The van der Waals surface area contributed by atoms with Gasteiger partial charge in [0.1, 0.15) is 5.75 Å². The van der Waals surface area contributed by atoms with E-state index in [9.17, 15) is 4.79 Å². The van der Waals surface area contributed by atoms with Gasteiger partial charge >= 0.3 is 5.97 Å². The number of hydrogen-bond donors (Lipinski definition) is 1. The molecule has 112 valence electrons. The number of thiophene rings is 1. The number of rotatable bonds is 6. The highest BCUT2D eigenvalue weighted by Crippen LogP contribution is 2.23. The Morgan fingerprint density at radius 3 is 2.62 bits per heavy atom. The van der Waals surface area contributed by atoms with Crippen molar-refractivity contribution >= 4 is 23.0 Å². The van der Waals surface area contributed by atoms with Crippen LogP contribution in [0.1, 0.15) is 15.3 Å². The Bertz CT molecular complexity index is 622. The summed E-state index contributed by atoms with van der Waals surface area (Å²) in [5, 5.41) is 3.37. The molecule has 0 aliphatic carbocycles. The van der Waals surface area contributed by atoms with E-state index in [2.05, 4.69) is 16.1 Å². The molecule has 0 saturated carbocycles. The van der Waals surface area contributed by atoms with Crippen LogP contribution in [0.3, 0.4) is 0 Å². The van der Waals surface area contributed by atoms with E-state index < -0.39 is 0 Å². The van der Waals surface area contributed by atoms with E-state index in [1.165, 1.54) is 12.0 Å². The molecule has 2 rings (SSSR count). The summed E-state index contributed by atoms with van der Waals surface area (Å²) in [5.74, 6) is 0.680. The maximum Gasteiger partial charge on any atom is 0.310 e. The first-order valence-electron chi connectivity index (χ1n) is 6.65. The third-order valence-electron chi connectivity index (χ3n) is 3.13. The van der Waals surface area contributed by atoms with Gasteiger partial charge in [0, 0.05) is 22.0 Å². The Labute approximate surface area is 128 Å². The summed E-state index contributed by atoms with van der Waals surface area (Å²) in [6, 6.07) is 10.0. The third-order valence-corrected chi connectivity index (χ3v) is 4.21. The molecular formula is C16H19NO3S. The molecular weight excluding hydrogens is 286 g/mol. The summed E-state index contributed by atoms with van der Waals surface area (Å²) in [4.78, 5) is 13.4. The minimum atomic E-state index is -0.206. The van der Waals surface area contributed by atoms with Gasteiger partial charge in [-0.1, -0.05) is 0 Å². The predicted octanol–water partition coefficient (Wildman–Crippen LogP) is 3.39. The summed E-state index contributed by atoms with van der Waals surface area (Å²) in [6.07, 6.45) is 0.336. The van der Waals surface area contributed by atoms with Gasteiger partial charge in [-0.25, -0.2) is 0 Å². The average molecular weight is 305 g/mol. The van der Waals surface area contributed by atoms with Crippen molar-refractivity contribution in [1.29, 1.82) is 0 Å². The van der Waals surface area contributed by atoms with E-state index in [0.29, 0.717) is 6.42 Å². The first-order chi connectivity index (χ1) is 10.1. The first-order valence-corrected chi connectivity index (χ1v) is 7.47. The largest absolute Gasteiger partial charge is 0.496 e. The van der Waals surface area contributed by atoms with E-state index in [1.54, 1.807) is 18.4 Å². The molecule has 5 heteroatoms. The molecule has 2 aromatic rings. The van der Waals surface area contributed by atoms with Gasteiger partial charge in [0.2, 0.25) is 0 Å². The zero-order valence-corrected chi connectivity index (χ0v) is 13.3. The van der Waals surface area contributed by atoms with E-state index >= 15 is 0 Å². The number of carbonyl (C=O) groups excluding carboxylic acids is 1. The molecule has 0 aliphatic heterocycles. The number of benzene rings is 1.